The Balaban J connectivity index is 1.80. The summed E-state index contributed by atoms with van der Waals surface area (Å²) in [5, 5.41) is 0. The van der Waals surface area contributed by atoms with E-state index in [4.69, 9.17) is 9.47 Å². The number of anilines is 1. The van der Waals surface area contributed by atoms with Crippen LogP contribution in [0.5, 0.6) is 11.5 Å². The monoisotopic (exact) mass is 390 g/mol. The van der Waals surface area contributed by atoms with Crippen molar-refractivity contribution in [2.75, 3.05) is 19.1 Å². The smallest absolute Gasteiger partial charge is 0.238 e. The molecule has 1 amide bonds. The Bertz CT molecular complexity index is 786. The summed E-state index contributed by atoms with van der Waals surface area (Å²) in [7, 11) is 1.52. The molecule has 0 unspecified atom stereocenters. The van der Waals surface area contributed by atoms with Gasteiger partial charge in [-0.25, -0.2) is 22.0 Å². The molecule has 0 fully saturated rings. The number of nitrogens with one attached hydrogen (secondary N) is 2. The molecule has 0 spiro atoms. The maximum Gasteiger partial charge on any atom is 0.238 e. The lowest BCUT2D eigenvalue weighted by Gasteiger charge is -2.12. The second-order valence-corrected chi connectivity index (χ2v) is 5.25. The Hall–Kier alpha value is -3.04. The molecule has 2 aromatic rings. The Morgan fingerprint density at radius 1 is 0.889 bits per heavy atom. The SMILES string of the molecule is COc1ccc(OCCCC(=O)NNc2c(F)c(F)c(F)c(F)c2F)cc1. The van der Waals surface area contributed by atoms with Gasteiger partial charge in [0, 0.05) is 6.42 Å². The van der Waals surface area contributed by atoms with Crippen molar-refractivity contribution in [3.8, 4) is 11.5 Å². The third-order valence-electron chi connectivity index (χ3n) is 3.41. The first-order chi connectivity index (χ1) is 12.8. The molecular weight excluding hydrogens is 375 g/mol. The van der Waals surface area contributed by atoms with E-state index in [0.29, 0.717) is 11.5 Å². The molecule has 2 rings (SSSR count). The van der Waals surface area contributed by atoms with E-state index in [1.807, 2.05) is 5.43 Å². The van der Waals surface area contributed by atoms with Crippen molar-refractivity contribution < 1.29 is 36.2 Å². The minimum absolute atomic E-state index is 0.113. The molecule has 0 radical (unpaired) electrons. The van der Waals surface area contributed by atoms with Crippen molar-refractivity contribution in [1.82, 2.24) is 5.43 Å². The van der Waals surface area contributed by atoms with E-state index in [1.165, 1.54) is 7.11 Å². The highest BCUT2D eigenvalue weighted by Gasteiger charge is 2.25. The molecule has 0 aliphatic rings. The molecule has 0 aliphatic carbocycles. The zero-order valence-electron chi connectivity index (χ0n) is 14.0. The van der Waals surface area contributed by atoms with E-state index < -0.39 is 40.7 Å². The van der Waals surface area contributed by atoms with Crippen LogP contribution >= 0.6 is 0 Å². The predicted molar refractivity (Wildman–Crippen MR) is 85.7 cm³/mol. The van der Waals surface area contributed by atoms with E-state index in [-0.39, 0.29) is 19.4 Å². The third kappa shape index (κ3) is 4.99. The van der Waals surface area contributed by atoms with Gasteiger partial charge in [-0.05, 0) is 30.7 Å². The summed E-state index contributed by atoms with van der Waals surface area (Å²) in [5.41, 5.74) is 2.24. The number of amides is 1. The van der Waals surface area contributed by atoms with Crippen molar-refractivity contribution in [2.24, 2.45) is 0 Å². The molecule has 0 atom stereocenters. The van der Waals surface area contributed by atoms with Crippen LogP contribution in [0.15, 0.2) is 24.3 Å². The van der Waals surface area contributed by atoms with E-state index in [1.54, 1.807) is 29.7 Å². The zero-order valence-corrected chi connectivity index (χ0v) is 14.0. The van der Waals surface area contributed by atoms with Gasteiger partial charge < -0.3 is 9.47 Å². The van der Waals surface area contributed by atoms with Crippen LogP contribution in [0.2, 0.25) is 0 Å². The van der Waals surface area contributed by atoms with Gasteiger partial charge in [-0.15, -0.1) is 0 Å². The van der Waals surface area contributed by atoms with E-state index in [9.17, 15) is 26.7 Å². The molecule has 27 heavy (non-hydrogen) atoms. The molecule has 10 heteroatoms. The fourth-order valence-corrected chi connectivity index (χ4v) is 2.00. The first kappa shape index (κ1) is 20.3. The highest BCUT2D eigenvalue weighted by Crippen LogP contribution is 2.26. The minimum Gasteiger partial charge on any atom is -0.497 e. The van der Waals surface area contributed by atoms with Gasteiger partial charge >= 0.3 is 0 Å². The van der Waals surface area contributed by atoms with Crippen LogP contribution in [-0.2, 0) is 4.79 Å². The van der Waals surface area contributed by atoms with Gasteiger partial charge in [-0.2, -0.15) is 0 Å². The van der Waals surface area contributed by atoms with E-state index in [2.05, 4.69) is 0 Å². The fourth-order valence-electron chi connectivity index (χ4n) is 2.00. The van der Waals surface area contributed by atoms with E-state index in [0.717, 1.165) is 0 Å². The Kier molecular flexibility index (Phi) is 6.80. The lowest BCUT2D eigenvalue weighted by atomic mass is 10.2. The van der Waals surface area contributed by atoms with Crippen molar-refractivity contribution in [3.05, 3.63) is 53.4 Å². The largest absolute Gasteiger partial charge is 0.497 e. The first-order valence-corrected chi connectivity index (χ1v) is 7.68. The van der Waals surface area contributed by atoms with E-state index >= 15 is 0 Å². The molecule has 146 valence electrons. The summed E-state index contributed by atoms with van der Waals surface area (Å²) in [6, 6.07) is 6.72. The number of carbonyl (C=O) groups excluding carboxylic acids is 1. The topological polar surface area (TPSA) is 59.6 Å². The van der Waals surface area contributed by atoms with Gasteiger partial charge in [0.2, 0.25) is 11.7 Å². The summed E-state index contributed by atoms with van der Waals surface area (Å²) in [6.45, 7) is 0.169. The van der Waals surface area contributed by atoms with Crippen molar-refractivity contribution in [3.63, 3.8) is 0 Å². The lowest BCUT2D eigenvalue weighted by Crippen LogP contribution is -2.31. The Morgan fingerprint density at radius 3 is 1.96 bits per heavy atom. The van der Waals surface area contributed by atoms with Crippen LogP contribution in [0.4, 0.5) is 27.6 Å². The normalized spacial score (nSPS) is 10.4. The molecule has 0 saturated heterocycles. The van der Waals surface area contributed by atoms with Gasteiger partial charge in [0.25, 0.3) is 0 Å². The second-order valence-electron chi connectivity index (χ2n) is 5.25. The summed E-state index contributed by atoms with van der Waals surface area (Å²) in [5.74, 6) is -10.2. The van der Waals surface area contributed by atoms with Gasteiger partial charge in [0.1, 0.15) is 17.2 Å². The predicted octanol–water partition coefficient (Wildman–Crippen LogP) is 3.69. The first-order valence-electron chi connectivity index (χ1n) is 7.68. The third-order valence-corrected chi connectivity index (χ3v) is 3.41. The zero-order chi connectivity index (χ0) is 20.0. The quantitative estimate of drug-likeness (QED) is 0.237. The lowest BCUT2D eigenvalue weighted by molar-refractivity contribution is -0.120. The van der Waals surface area contributed by atoms with Crippen molar-refractivity contribution >= 4 is 11.6 Å². The molecular formula is C17H15F5N2O3. The number of hydrogen-bond donors (Lipinski definition) is 2. The van der Waals surface area contributed by atoms with Gasteiger partial charge in [-0.3, -0.25) is 15.6 Å². The van der Waals surface area contributed by atoms with Gasteiger partial charge in [0.15, 0.2) is 23.3 Å². The number of hydrogen-bond acceptors (Lipinski definition) is 4. The van der Waals surface area contributed by atoms with Crippen LogP contribution in [0.25, 0.3) is 0 Å². The molecule has 5 nitrogen and oxygen atoms in total. The number of ether oxygens (including phenoxy) is 2. The molecule has 2 aromatic carbocycles. The molecule has 0 heterocycles. The van der Waals surface area contributed by atoms with Crippen LogP contribution in [0.1, 0.15) is 12.8 Å². The van der Waals surface area contributed by atoms with Crippen LogP contribution < -0.4 is 20.3 Å². The van der Waals surface area contributed by atoms with Crippen LogP contribution in [-0.4, -0.2) is 19.6 Å². The molecule has 0 bridgehead atoms. The highest BCUT2D eigenvalue weighted by molar-refractivity contribution is 5.77. The average Bonchev–Trinajstić information content (AvgIpc) is 2.68. The average molecular weight is 390 g/mol. The van der Waals surface area contributed by atoms with Crippen LogP contribution in [0, 0.1) is 29.1 Å². The van der Waals surface area contributed by atoms with Crippen molar-refractivity contribution in [2.45, 2.75) is 12.8 Å². The summed E-state index contributed by atoms with van der Waals surface area (Å²) < 4.78 is 76.3. The number of carbonyl (C=O) groups is 1. The fraction of sp³-hybridized carbons (Fsp3) is 0.235. The van der Waals surface area contributed by atoms with Gasteiger partial charge in [-0.1, -0.05) is 0 Å². The van der Waals surface area contributed by atoms with Crippen LogP contribution in [0.3, 0.4) is 0 Å². The number of benzene rings is 2. The molecule has 2 N–H and O–H groups in total. The Labute approximate surface area is 151 Å². The molecule has 0 aromatic heterocycles. The highest BCUT2D eigenvalue weighted by atomic mass is 19.2. The molecule has 0 aliphatic heterocycles. The number of methoxy groups -OCH3 is 1. The maximum atomic E-state index is 13.4. The van der Waals surface area contributed by atoms with Gasteiger partial charge in [0.05, 0.1) is 13.7 Å². The number of rotatable bonds is 8. The summed E-state index contributed by atoms with van der Waals surface area (Å²) >= 11 is 0. The standard InChI is InChI=1S/C17H15F5N2O3/c1-26-9-4-6-10(7-5-9)27-8-2-3-11(25)23-24-17-15(21)13(19)12(18)14(20)16(17)22/h4-7,24H,2-3,8H2,1H3,(H,23,25). The number of hydrazine groups is 1. The minimum atomic E-state index is -2.28. The maximum absolute atomic E-state index is 13.4. The summed E-state index contributed by atoms with van der Waals surface area (Å²) in [6.07, 6.45) is 0.134. The Morgan fingerprint density at radius 2 is 1.41 bits per heavy atom. The second kappa shape index (κ2) is 9.06. The molecule has 0 saturated carbocycles. The van der Waals surface area contributed by atoms with Crippen molar-refractivity contribution in [1.29, 1.82) is 0 Å². The number of halogens is 5. The summed E-state index contributed by atoms with van der Waals surface area (Å²) in [4.78, 5) is 11.6.